The molecule has 0 aromatic heterocycles. The molecule has 0 fully saturated rings. The van der Waals surface area contributed by atoms with Gasteiger partial charge in [-0.1, -0.05) is 30.3 Å². The second-order valence-corrected chi connectivity index (χ2v) is 8.09. The maximum Gasteiger partial charge on any atom is 0.350 e. The van der Waals surface area contributed by atoms with E-state index in [0.29, 0.717) is 12.1 Å². The highest BCUT2D eigenvalue weighted by atomic mass is 32.1. The SMILES string of the molecule is CN(C)c1ccc(NC(CCC(=O)O)(NC(=O)C(CS)Cc2ccccc2)C(=O)O)cc1. The summed E-state index contributed by atoms with van der Waals surface area (Å²) in [6, 6.07) is 16.3. The van der Waals surface area contributed by atoms with E-state index in [2.05, 4.69) is 23.3 Å². The van der Waals surface area contributed by atoms with Crippen molar-refractivity contribution in [3.8, 4) is 0 Å². The van der Waals surface area contributed by atoms with Crippen LogP contribution in [-0.2, 0) is 20.8 Å². The number of hydrogen-bond acceptors (Lipinski definition) is 6. The lowest BCUT2D eigenvalue weighted by Gasteiger charge is -2.33. The van der Waals surface area contributed by atoms with Crippen molar-refractivity contribution < 1.29 is 24.6 Å². The van der Waals surface area contributed by atoms with Crippen molar-refractivity contribution in [3.63, 3.8) is 0 Å². The Bertz CT molecular complexity index is 921. The van der Waals surface area contributed by atoms with Gasteiger partial charge in [-0.2, -0.15) is 12.6 Å². The number of carboxylic acid groups (broad SMARTS) is 2. The van der Waals surface area contributed by atoms with Gasteiger partial charge in [-0.15, -0.1) is 0 Å². The molecule has 0 heterocycles. The van der Waals surface area contributed by atoms with E-state index in [1.54, 1.807) is 24.3 Å². The van der Waals surface area contributed by atoms with Crippen LogP contribution in [0.2, 0.25) is 0 Å². The summed E-state index contributed by atoms with van der Waals surface area (Å²) in [5, 5.41) is 24.6. The summed E-state index contributed by atoms with van der Waals surface area (Å²) in [5.41, 5.74) is 0.270. The Hall–Kier alpha value is -3.20. The van der Waals surface area contributed by atoms with E-state index in [0.717, 1.165) is 11.3 Å². The Kier molecular flexibility index (Phi) is 8.95. The summed E-state index contributed by atoms with van der Waals surface area (Å²) < 4.78 is 0. The Balaban J connectivity index is 2.30. The number of hydrogen-bond donors (Lipinski definition) is 5. The van der Waals surface area contributed by atoms with E-state index in [1.165, 1.54) is 0 Å². The van der Waals surface area contributed by atoms with E-state index in [1.807, 2.05) is 49.3 Å². The lowest BCUT2D eigenvalue weighted by atomic mass is 9.97. The Morgan fingerprint density at radius 2 is 1.66 bits per heavy atom. The maximum absolute atomic E-state index is 13.1. The molecule has 2 aromatic carbocycles. The highest BCUT2D eigenvalue weighted by Gasteiger charge is 2.41. The third-order valence-corrected chi connectivity index (χ3v) is 5.51. The highest BCUT2D eigenvalue weighted by Crippen LogP contribution is 2.23. The standard InChI is InChI=1S/C23H29N3O5S/c1-26(2)19-10-8-18(9-11-19)24-23(22(30)31,13-12-20(27)28)25-21(29)17(15-32)14-16-6-4-3-5-7-16/h3-11,17,24,32H,12-15H2,1-2H3,(H,25,29)(H,27,28)(H,30,31). The van der Waals surface area contributed by atoms with Gasteiger partial charge in [-0.3, -0.25) is 9.59 Å². The van der Waals surface area contributed by atoms with E-state index < -0.39 is 35.8 Å². The molecule has 0 aliphatic carbocycles. The van der Waals surface area contributed by atoms with Gasteiger partial charge in [0.05, 0.1) is 5.92 Å². The number of aliphatic carboxylic acids is 2. The van der Waals surface area contributed by atoms with Crippen LogP contribution in [0, 0.1) is 5.92 Å². The molecule has 32 heavy (non-hydrogen) atoms. The van der Waals surface area contributed by atoms with Gasteiger partial charge >= 0.3 is 11.9 Å². The number of anilines is 2. The number of carboxylic acids is 2. The first-order valence-electron chi connectivity index (χ1n) is 10.1. The number of thiol groups is 1. The fraction of sp³-hybridized carbons (Fsp3) is 0.348. The number of nitrogens with zero attached hydrogens (tertiary/aromatic N) is 1. The molecule has 172 valence electrons. The van der Waals surface area contributed by atoms with Crippen LogP contribution in [0.5, 0.6) is 0 Å². The van der Waals surface area contributed by atoms with Crippen LogP contribution < -0.4 is 15.5 Å². The molecule has 2 rings (SSSR count). The van der Waals surface area contributed by atoms with E-state index in [4.69, 9.17) is 5.11 Å². The lowest BCUT2D eigenvalue weighted by Crippen LogP contribution is -2.61. The van der Waals surface area contributed by atoms with Crippen molar-refractivity contribution in [1.82, 2.24) is 5.32 Å². The number of benzene rings is 2. The van der Waals surface area contributed by atoms with Gasteiger partial charge in [0.15, 0.2) is 0 Å². The average molecular weight is 460 g/mol. The zero-order valence-corrected chi connectivity index (χ0v) is 19.0. The quantitative estimate of drug-likeness (QED) is 0.245. The van der Waals surface area contributed by atoms with E-state index in [-0.39, 0.29) is 12.2 Å². The zero-order valence-electron chi connectivity index (χ0n) is 18.1. The molecule has 2 unspecified atom stereocenters. The third-order valence-electron chi connectivity index (χ3n) is 5.07. The molecule has 9 heteroatoms. The number of amides is 1. The third kappa shape index (κ3) is 6.91. The maximum atomic E-state index is 13.1. The second kappa shape index (κ2) is 11.4. The largest absolute Gasteiger partial charge is 0.481 e. The van der Waals surface area contributed by atoms with Crippen LogP contribution in [0.1, 0.15) is 18.4 Å². The van der Waals surface area contributed by atoms with Crippen LogP contribution in [0.15, 0.2) is 54.6 Å². The normalized spacial score (nSPS) is 13.5. The number of rotatable bonds is 12. The Morgan fingerprint density at radius 3 is 2.16 bits per heavy atom. The fourth-order valence-corrected chi connectivity index (χ4v) is 3.50. The molecule has 2 atom stereocenters. The molecule has 1 amide bonds. The fourth-order valence-electron chi connectivity index (χ4n) is 3.21. The molecular weight excluding hydrogens is 430 g/mol. The van der Waals surface area contributed by atoms with Crippen molar-refractivity contribution in [2.75, 3.05) is 30.1 Å². The summed E-state index contributed by atoms with van der Waals surface area (Å²) in [5.74, 6) is -3.45. The Morgan fingerprint density at radius 1 is 1.03 bits per heavy atom. The predicted molar refractivity (Wildman–Crippen MR) is 127 cm³/mol. The smallest absolute Gasteiger partial charge is 0.350 e. The summed E-state index contributed by atoms with van der Waals surface area (Å²) in [4.78, 5) is 38.5. The van der Waals surface area contributed by atoms with Crippen molar-refractivity contribution in [3.05, 3.63) is 60.2 Å². The minimum atomic E-state index is -1.99. The van der Waals surface area contributed by atoms with Crippen LogP contribution in [0.3, 0.4) is 0 Å². The molecule has 0 aliphatic heterocycles. The first-order chi connectivity index (χ1) is 15.2. The number of carbonyl (C=O) groups excluding carboxylic acids is 1. The highest BCUT2D eigenvalue weighted by molar-refractivity contribution is 7.80. The van der Waals surface area contributed by atoms with Gasteiger partial charge < -0.3 is 25.7 Å². The first kappa shape index (κ1) is 25.1. The summed E-state index contributed by atoms with van der Waals surface area (Å²) in [6.07, 6.45) is -0.411. The molecule has 2 aromatic rings. The lowest BCUT2D eigenvalue weighted by molar-refractivity contribution is -0.148. The van der Waals surface area contributed by atoms with Gasteiger partial charge in [0.25, 0.3) is 0 Å². The molecule has 0 bridgehead atoms. The molecule has 4 N–H and O–H groups in total. The molecule has 0 aliphatic rings. The molecular formula is C23H29N3O5S. The van der Waals surface area contributed by atoms with Crippen LogP contribution in [0.4, 0.5) is 11.4 Å². The van der Waals surface area contributed by atoms with Crippen molar-refractivity contribution in [2.45, 2.75) is 24.9 Å². The van der Waals surface area contributed by atoms with Crippen molar-refractivity contribution in [2.24, 2.45) is 5.92 Å². The van der Waals surface area contributed by atoms with Crippen LogP contribution in [-0.4, -0.2) is 53.6 Å². The zero-order chi connectivity index (χ0) is 23.7. The van der Waals surface area contributed by atoms with Gasteiger partial charge in [0.1, 0.15) is 0 Å². The van der Waals surface area contributed by atoms with Gasteiger partial charge in [-0.05, 0) is 36.2 Å². The minimum absolute atomic E-state index is 0.201. The molecule has 8 nitrogen and oxygen atoms in total. The molecule has 0 spiro atoms. The molecule has 0 saturated carbocycles. The minimum Gasteiger partial charge on any atom is -0.481 e. The topological polar surface area (TPSA) is 119 Å². The van der Waals surface area contributed by atoms with Crippen LogP contribution in [0.25, 0.3) is 0 Å². The number of carbonyl (C=O) groups is 3. The van der Waals surface area contributed by atoms with Gasteiger partial charge in [0.2, 0.25) is 11.6 Å². The van der Waals surface area contributed by atoms with E-state index >= 15 is 0 Å². The molecule has 0 saturated heterocycles. The predicted octanol–water partition coefficient (Wildman–Crippen LogP) is 2.72. The Labute approximate surface area is 193 Å². The average Bonchev–Trinajstić information content (AvgIpc) is 2.76. The van der Waals surface area contributed by atoms with Gasteiger partial charge in [-0.25, -0.2) is 4.79 Å². The van der Waals surface area contributed by atoms with Crippen LogP contribution >= 0.6 is 12.6 Å². The summed E-state index contributed by atoms with van der Waals surface area (Å²) >= 11 is 4.27. The summed E-state index contributed by atoms with van der Waals surface area (Å²) in [6.45, 7) is 0. The molecule has 0 radical (unpaired) electrons. The van der Waals surface area contributed by atoms with Crippen molar-refractivity contribution >= 4 is 41.8 Å². The first-order valence-corrected chi connectivity index (χ1v) is 10.8. The van der Waals surface area contributed by atoms with Gasteiger partial charge in [0, 0.05) is 44.1 Å². The van der Waals surface area contributed by atoms with E-state index in [9.17, 15) is 19.5 Å². The second-order valence-electron chi connectivity index (χ2n) is 7.73. The van der Waals surface area contributed by atoms with Crippen molar-refractivity contribution in [1.29, 1.82) is 0 Å². The monoisotopic (exact) mass is 459 g/mol. The summed E-state index contributed by atoms with van der Waals surface area (Å²) in [7, 11) is 3.75. The number of nitrogens with one attached hydrogen (secondary N) is 2.